The Kier molecular flexibility index (Phi) is 5.19. The summed E-state index contributed by atoms with van der Waals surface area (Å²) < 4.78 is 28.9. The van der Waals surface area contributed by atoms with Crippen molar-refractivity contribution in [2.24, 2.45) is 0 Å². The molecule has 1 aliphatic heterocycles. The summed E-state index contributed by atoms with van der Waals surface area (Å²) in [5.41, 5.74) is 2.45. The molecule has 3 rings (SSSR count). The number of hydrogen-bond acceptors (Lipinski definition) is 2. The van der Waals surface area contributed by atoms with E-state index in [-0.39, 0.29) is 6.04 Å². The average Bonchev–Trinajstić information content (AvgIpc) is 2.62. The maximum absolute atomic E-state index is 12.9. The lowest BCUT2D eigenvalue weighted by atomic mass is 9.96. The Balaban J connectivity index is 1.69. The van der Waals surface area contributed by atoms with Crippen molar-refractivity contribution in [1.29, 1.82) is 0 Å². The SMILES string of the molecule is CN(C1CCCCC1)S(=O)(=O)N1CC=C(c2ccccc2)CC1. The summed E-state index contributed by atoms with van der Waals surface area (Å²) >= 11 is 0. The highest BCUT2D eigenvalue weighted by molar-refractivity contribution is 7.86. The molecule has 126 valence electrons. The zero-order chi connectivity index (χ0) is 16.3. The Morgan fingerprint density at radius 3 is 2.39 bits per heavy atom. The van der Waals surface area contributed by atoms with Gasteiger partial charge in [-0.15, -0.1) is 0 Å². The first-order valence-electron chi connectivity index (χ1n) is 8.56. The fourth-order valence-electron chi connectivity index (χ4n) is 3.59. The topological polar surface area (TPSA) is 40.6 Å². The molecule has 0 N–H and O–H groups in total. The molecule has 0 radical (unpaired) electrons. The predicted molar refractivity (Wildman–Crippen MR) is 94.2 cm³/mol. The van der Waals surface area contributed by atoms with Crippen LogP contribution >= 0.6 is 0 Å². The van der Waals surface area contributed by atoms with Gasteiger partial charge in [-0.1, -0.05) is 55.7 Å². The Morgan fingerprint density at radius 1 is 1.09 bits per heavy atom. The predicted octanol–water partition coefficient (Wildman–Crippen LogP) is 3.29. The summed E-state index contributed by atoms with van der Waals surface area (Å²) in [6.45, 7) is 1.05. The first kappa shape index (κ1) is 16.7. The van der Waals surface area contributed by atoms with Crippen LogP contribution in [0.4, 0.5) is 0 Å². The van der Waals surface area contributed by atoms with Crippen molar-refractivity contribution in [3.8, 4) is 0 Å². The van der Waals surface area contributed by atoms with E-state index < -0.39 is 10.2 Å². The van der Waals surface area contributed by atoms with Gasteiger partial charge in [-0.05, 0) is 30.4 Å². The van der Waals surface area contributed by atoms with E-state index in [1.165, 1.54) is 17.6 Å². The molecule has 0 aromatic heterocycles. The maximum atomic E-state index is 12.9. The van der Waals surface area contributed by atoms with Crippen LogP contribution in [0.5, 0.6) is 0 Å². The van der Waals surface area contributed by atoms with Gasteiger partial charge >= 0.3 is 0 Å². The second-order valence-electron chi connectivity index (χ2n) is 6.52. The van der Waals surface area contributed by atoms with E-state index in [4.69, 9.17) is 0 Å². The molecule has 0 atom stereocenters. The molecule has 2 aliphatic rings. The number of benzene rings is 1. The molecule has 0 bridgehead atoms. The third kappa shape index (κ3) is 3.67. The van der Waals surface area contributed by atoms with E-state index in [0.29, 0.717) is 13.1 Å². The first-order chi connectivity index (χ1) is 11.1. The largest absolute Gasteiger partial charge is 0.282 e. The lowest BCUT2D eigenvalue weighted by Gasteiger charge is -2.35. The first-order valence-corrected chi connectivity index (χ1v) is 9.96. The smallest absolute Gasteiger partial charge is 0.195 e. The van der Waals surface area contributed by atoms with E-state index in [9.17, 15) is 8.42 Å². The highest BCUT2D eigenvalue weighted by Gasteiger charge is 2.33. The Labute approximate surface area is 140 Å². The third-order valence-corrected chi connectivity index (χ3v) is 7.11. The minimum absolute atomic E-state index is 0.174. The molecule has 0 saturated heterocycles. The summed E-state index contributed by atoms with van der Waals surface area (Å²) in [6, 6.07) is 10.4. The van der Waals surface area contributed by atoms with Gasteiger partial charge < -0.3 is 0 Å². The van der Waals surface area contributed by atoms with E-state index in [2.05, 4.69) is 18.2 Å². The molecule has 1 heterocycles. The minimum Gasteiger partial charge on any atom is -0.195 e. The molecule has 1 aliphatic carbocycles. The van der Waals surface area contributed by atoms with Gasteiger partial charge in [0, 0.05) is 26.2 Å². The van der Waals surface area contributed by atoms with Crippen LogP contribution < -0.4 is 0 Å². The monoisotopic (exact) mass is 334 g/mol. The Morgan fingerprint density at radius 2 is 1.78 bits per heavy atom. The zero-order valence-corrected chi connectivity index (χ0v) is 14.6. The van der Waals surface area contributed by atoms with Gasteiger partial charge in [0.15, 0.2) is 0 Å². The van der Waals surface area contributed by atoms with Crippen molar-refractivity contribution in [2.45, 2.75) is 44.6 Å². The van der Waals surface area contributed by atoms with Crippen LogP contribution in [0.25, 0.3) is 5.57 Å². The van der Waals surface area contributed by atoms with Crippen LogP contribution in [-0.2, 0) is 10.2 Å². The van der Waals surface area contributed by atoms with Gasteiger partial charge in [0.2, 0.25) is 0 Å². The van der Waals surface area contributed by atoms with Crippen molar-refractivity contribution in [1.82, 2.24) is 8.61 Å². The highest BCUT2D eigenvalue weighted by Crippen LogP contribution is 2.27. The molecule has 0 unspecified atom stereocenters. The van der Waals surface area contributed by atoms with E-state index in [0.717, 1.165) is 32.1 Å². The molecule has 0 amide bonds. The zero-order valence-electron chi connectivity index (χ0n) is 13.8. The van der Waals surface area contributed by atoms with Crippen molar-refractivity contribution < 1.29 is 8.42 Å². The molecule has 23 heavy (non-hydrogen) atoms. The highest BCUT2D eigenvalue weighted by atomic mass is 32.2. The molecule has 0 spiro atoms. The summed E-state index contributed by atoms with van der Waals surface area (Å²) in [5.74, 6) is 0. The fraction of sp³-hybridized carbons (Fsp3) is 0.556. The van der Waals surface area contributed by atoms with Gasteiger partial charge in [-0.25, -0.2) is 0 Å². The van der Waals surface area contributed by atoms with Gasteiger partial charge in [0.1, 0.15) is 0 Å². The summed E-state index contributed by atoms with van der Waals surface area (Å²) in [7, 11) is -1.59. The Hall–Kier alpha value is -1.17. The second kappa shape index (κ2) is 7.16. The van der Waals surface area contributed by atoms with Crippen LogP contribution in [0, 0.1) is 0 Å². The van der Waals surface area contributed by atoms with Gasteiger partial charge in [0.25, 0.3) is 10.2 Å². The molecular formula is C18H26N2O2S. The molecular weight excluding hydrogens is 308 g/mol. The minimum atomic E-state index is -3.35. The quantitative estimate of drug-likeness (QED) is 0.848. The van der Waals surface area contributed by atoms with Crippen molar-refractivity contribution >= 4 is 15.8 Å². The molecule has 1 fully saturated rings. The van der Waals surface area contributed by atoms with Gasteiger partial charge in [-0.3, -0.25) is 0 Å². The van der Waals surface area contributed by atoms with E-state index >= 15 is 0 Å². The van der Waals surface area contributed by atoms with Crippen LogP contribution in [0.2, 0.25) is 0 Å². The van der Waals surface area contributed by atoms with Gasteiger partial charge in [-0.2, -0.15) is 17.0 Å². The van der Waals surface area contributed by atoms with Crippen LogP contribution in [0.15, 0.2) is 36.4 Å². The fourth-order valence-corrected chi connectivity index (χ4v) is 5.13. The van der Waals surface area contributed by atoms with Crippen molar-refractivity contribution in [3.05, 3.63) is 42.0 Å². The van der Waals surface area contributed by atoms with Crippen LogP contribution in [0.3, 0.4) is 0 Å². The van der Waals surface area contributed by atoms with Crippen LogP contribution in [-0.4, -0.2) is 43.2 Å². The van der Waals surface area contributed by atoms with E-state index in [1.807, 2.05) is 18.2 Å². The maximum Gasteiger partial charge on any atom is 0.282 e. The lowest BCUT2D eigenvalue weighted by Crippen LogP contribution is -2.48. The normalized spacial score (nSPS) is 21.4. The van der Waals surface area contributed by atoms with Crippen molar-refractivity contribution in [2.75, 3.05) is 20.1 Å². The standard InChI is InChI=1S/C18H26N2O2S/c1-19(18-10-6-3-7-11-18)23(21,22)20-14-12-17(13-15-20)16-8-4-2-5-9-16/h2,4-5,8-9,12,18H,3,6-7,10-11,13-15H2,1H3. The lowest BCUT2D eigenvalue weighted by molar-refractivity contribution is 0.265. The molecule has 1 aromatic carbocycles. The number of rotatable bonds is 4. The summed E-state index contributed by atoms with van der Waals surface area (Å²) in [4.78, 5) is 0. The number of hydrogen-bond donors (Lipinski definition) is 0. The van der Waals surface area contributed by atoms with Crippen molar-refractivity contribution in [3.63, 3.8) is 0 Å². The molecule has 5 heteroatoms. The average molecular weight is 334 g/mol. The molecule has 1 saturated carbocycles. The summed E-state index contributed by atoms with van der Waals surface area (Å²) in [5, 5.41) is 0. The Bertz CT molecular complexity index is 649. The number of nitrogens with zero attached hydrogens (tertiary/aromatic N) is 2. The molecule has 4 nitrogen and oxygen atoms in total. The van der Waals surface area contributed by atoms with Gasteiger partial charge in [0.05, 0.1) is 0 Å². The third-order valence-electron chi connectivity index (χ3n) is 5.10. The summed E-state index contributed by atoms with van der Waals surface area (Å²) in [6.07, 6.45) is 8.35. The molecule has 1 aromatic rings. The second-order valence-corrected chi connectivity index (χ2v) is 8.51. The van der Waals surface area contributed by atoms with E-state index in [1.54, 1.807) is 15.7 Å². The van der Waals surface area contributed by atoms with Crippen LogP contribution in [0.1, 0.15) is 44.1 Å².